The van der Waals surface area contributed by atoms with Crippen molar-refractivity contribution < 1.29 is 19.6 Å². The number of Topliss-reactive ketones (excluding diaryl/α,β-unsaturated/α-hetero) is 1. The molecule has 2 heterocycles. The number of imidazole rings is 1. The molecule has 0 aliphatic carbocycles. The van der Waals surface area contributed by atoms with Gasteiger partial charge in [-0.25, -0.2) is 4.98 Å². The van der Waals surface area contributed by atoms with Gasteiger partial charge in [-0.3, -0.25) is 19.7 Å². The number of amides is 1. The van der Waals surface area contributed by atoms with E-state index >= 15 is 0 Å². The lowest BCUT2D eigenvalue weighted by atomic mass is 9.94. The van der Waals surface area contributed by atoms with Crippen LogP contribution in [0.5, 0.6) is 0 Å². The van der Waals surface area contributed by atoms with Gasteiger partial charge in [0.05, 0.1) is 22.1 Å². The Bertz CT molecular complexity index is 1260. The zero-order valence-electron chi connectivity index (χ0n) is 17.3. The molecule has 10 heteroatoms. The first-order chi connectivity index (χ1) is 15.9. The Labute approximate surface area is 197 Å². The van der Waals surface area contributed by atoms with Crippen LogP contribution in [0.25, 0.3) is 5.76 Å². The third-order valence-electron chi connectivity index (χ3n) is 5.46. The van der Waals surface area contributed by atoms with Crippen LogP contribution in [-0.4, -0.2) is 43.1 Å². The Morgan fingerprint density at radius 3 is 2.61 bits per heavy atom. The van der Waals surface area contributed by atoms with Crippen LogP contribution < -0.4 is 0 Å². The Hall–Kier alpha value is -3.79. The molecule has 0 radical (unpaired) electrons. The number of benzene rings is 2. The molecule has 1 amide bonds. The van der Waals surface area contributed by atoms with Crippen LogP contribution in [-0.2, 0) is 16.0 Å². The first kappa shape index (κ1) is 22.4. The zero-order valence-corrected chi connectivity index (χ0v) is 18.9. The lowest BCUT2D eigenvalue weighted by Gasteiger charge is -2.26. The molecule has 4 rings (SSSR count). The Balaban J connectivity index is 1.80. The van der Waals surface area contributed by atoms with E-state index in [1.165, 1.54) is 29.2 Å². The number of nitro groups is 1. The number of aliphatic hydroxyl groups excluding tert-OH is 1. The molecular weight excluding hydrogens is 492 g/mol. The summed E-state index contributed by atoms with van der Waals surface area (Å²) in [6.45, 7) is 0.227. The summed E-state index contributed by atoms with van der Waals surface area (Å²) >= 11 is 3.47. The maximum atomic E-state index is 13.1. The van der Waals surface area contributed by atoms with E-state index in [4.69, 9.17) is 0 Å². The average Bonchev–Trinajstić information content (AvgIpc) is 3.41. The first-order valence-electron chi connectivity index (χ1n) is 10.1. The third-order valence-corrected chi connectivity index (χ3v) is 6.19. The number of H-pyrrole nitrogens is 1. The van der Waals surface area contributed by atoms with E-state index < -0.39 is 28.4 Å². The van der Waals surface area contributed by atoms with Crippen molar-refractivity contribution in [3.05, 3.63) is 98.0 Å². The summed E-state index contributed by atoms with van der Waals surface area (Å²) in [5, 5.41) is 22.6. The van der Waals surface area contributed by atoms with Crippen LogP contribution in [0.3, 0.4) is 0 Å². The smallest absolute Gasteiger partial charge is 0.295 e. The standard InChI is InChI=1S/C23H19BrN4O5/c24-16-8-3-1-6-14(16)20-19(21(29)15-7-2-4-9-17(15)28(32)33)22(30)23(31)27(20)13-5-10-18-25-11-12-26-18/h1-4,6-9,11-12,20,29H,5,10,13H2,(H,25,26)/b21-19+. The molecule has 2 aromatic carbocycles. The fourth-order valence-electron chi connectivity index (χ4n) is 3.96. The van der Waals surface area contributed by atoms with Crippen LogP contribution in [0.2, 0.25) is 0 Å². The quantitative estimate of drug-likeness (QED) is 0.161. The summed E-state index contributed by atoms with van der Waals surface area (Å²) in [7, 11) is 0. The molecule has 1 fully saturated rings. The number of likely N-dealkylation sites (tertiary alicyclic amines) is 1. The minimum Gasteiger partial charge on any atom is -0.507 e. The van der Waals surface area contributed by atoms with Gasteiger partial charge in [-0.2, -0.15) is 0 Å². The Morgan fingerprint density at radius 1 is 1.18 bits per heavy atom. The predicted octanol–water partition coefficient (Wildman–Crippen LogP) is 4.13. The van der Waals surface area contributed by atoms with Crippen LogP contribution in [0.15, 0.2) is 71.0 Å². The van der Waals surface area contributed by atoms with E-state index in [0.717, 1.165) is 5.82 Å². The second-order valence-electron chi connectivity index (χ2n) is 7.43. The third kappa shape index (κ3) is 4.29. The molecule has 1 unspecified atom stereocenters. The molecule has 0 spiro atoms. The largest absolute Gasteiger partial charge is 0.507 e. The number of hydrogen-bond donors (Lipinski definition) is 2. The number of carbonyl (C=O) groups is 2. The molecule has 2 N–H and O–H groups in total. The van der Waals surface area contributed by atoms with Gasteiger partial charge in [-0.1, -0.05) is 46.3 Å². The summed E-state index contributed by atoms with van der Waals surface area (Å²) < 4.78 is 0.640. The highest BCUT2D eigenvalue weighted by molar-refractivity contribution is 9.10. The van der Waals surface area contributed by atoms with Gasteiger partial charge in [0, 0.05) is 35.9 Å². The van der Waals surface area contributed by atoms with Crippen molar-refractivity contribution in [3.63, 3.8) is 0 Å². The molecule has 1 aliphatic rings. The number of ketones is 1. The maximum absolute atomic E-state index is 13.1. The van der Waals surface area contributed by atoms with Crippen molar-refractivity contribution in [2.24, 2.45) is 0 Å². The van der Waals surface area contributed by atoms with E-state index in [-0.39, 0.29) is 23.4 Å². The van der Waals surface area contributed by atoms with E-state index in [1.54, 1.807) is 36.7 Å². The van der Waals surface area contributed by atoms with Gasteiger partial charge in [0.2, 0.25) is 0 Å². The number of para-hydroxylation sites is 1. The summed E-state index contributed by atoms with van der Waals surface area (Å²) in [6, 6.07) is 11.7. The van der Waals surface area contributed by atoms with Crippen molar-refractivity contribution in [2.45, 2.75) is 18.9 Å². The number of nitrogens with zero attached hydrogens (tertiary/aromatic N) is 3. The Morgan fingerprint density at radius 2 is 1.91 bits per heavy atom. The highest BCUT2D eigenvalue weighted by atomic mass is 79.9. The molecule has 168 valence electrons. The molecule has 0 saturated carbocycles. The van der Waals surface area contributed by atoms with Crippen molar-refractivity contribution in [2.75, 3.05) is 6.54 Å². The summed E-state index contributed by atoms with van der Waals surface area (Å²) in [6.07, 6.45) is 4.42. The van der Waals surface area contributed by atoms with Crippen LogP contribution in [0.1, 0.15) is 29.4 Å². The summed E-state index contributed by atoms with van der Waals surface area (Å²) in [4.78, 5) is 45.5. The first-order valence-corrected chi connectivity index (χ1v) is 10.9. The lowest BCUT2D eigenvalue weighted by Crippen LogP contribution is -2.31. The monoisotopic (exact) mass is 510 g/mol. The van der Waals surface area contributed by atoms with Crippen molar-refractivity contribution in [1.29, 1.82) is 0 Å². The molecular formula is C23H19BrN4O5. The van der Waals surface area contributed by atoms with Gasteiger partial charge >= 0.3 is 0 Å². The number of aromatic amines is 1. The minimum absolute atomic E-state index is 0.117. The topological polar surface area (TPSA) is 129 Å². The molecule has 1 atom stereocenters. The number of aliphatic hydroxyl groups is 1. The molecule has 3 aromatic rings. The van der Waals surface area contributed by atoms with E-state index in [2.05, 4.69) is 25.9 Å². The number of rotatable bonds is 7. The van der Waals surface area contributed by atoms with E-state index in [0.29, 0.717) is 22.9 Å². The molecule has 1 saturated heterocycles. The van der Waals surface area contributed by atoms with Crippen LogP contribution >= 0.6 is 15.9 Å². The number of halogens is 1. The predicted molar refractivity (Wildman–Crippen MR) is 123 cm³/mol. The fraction of sp³-hybridized carbons (Fsp3) is 0.174. The second-order valence-corrected chi connectivity index (χ2v) is 8.28. The second kappa shape index (κ2) is 9.37. The average molecular weight is 511 g/mol. The van der Waals surface area contributed by atoms with E-state index in [9.17, 15) is 24.8 Å². The number of nitrogens with one attached hydrogen (secondary N) is 1. The number of nitro benzene ring substituents is 1. The lowest BCUT2D eigenvalue weighted by molar-refractivity contribution is -0.385. The molecule has 33 heavy (non-hydrogen) atoms. The number of aromatic nitrogens is 2. The van der Waals surface area contributed by atoms with Crippen molar-refractivity contribution >= 4 is 39.1 Å². The van der Waals surface area contributed by atoms with Gasteiger partial charge in [0.1, 0.15) is 11.6 Å². The van der Waals surface area contributed by atoms with Gasteiger partial charge in [0.15, 0.2) is 0 Å². The highest BCUT2D eigenvalue weighted by Gasteiger charge is 2.46. The van der Waals surface area contributed by atoms with E-state index in [1.807, 2.05) is 0 Å². The molecule has 0 bridgehead atoms. The zero-order chi connectivity index (χ0) is 23.5. The number of hydrogen-bond acceptors (Lipinski definition) is 6. The molecule has 9 nitrogen and oxygen atoms in total. The normalized spacial score (nSPS) is 17.5. The van der Waals surface area contributed by atoms with Gasteiger partial charge in [0.25, 0.3) is 17.4 Å². The molecule has 1 aromatic heterocycles. The number of carbonyl (C=O) groups excluding carboxylic acids is 2. The fourth-order valence-corrected chi connectivity index (χ4v) is 4.46. The van der Waals surface area contributed by atoms with Crippen LogP contribution in [0.4, 0.5) is 5.69 Å². The Kier molecular flexibility index (Phi) is 6.36. The summed E-state index contributed by atoms with van der Waals surface area (Å²) in [5.74, 6) is -1.47. The maximum Gasteiger partial charge on any atom is 0.295 e. The van der Waals surface area contributed by atoms with Gasteiger partial charge in [-0.15, -0.1) is 0 Å². The SMILES string of the molecule is O=C1C(=O)N(CCCc2ncc[nH]2)C(c2ccccc2Br)/C1=C(\O)c1ccccc1[N+](=O)[O-]. The highest BCUT2D eigenvalue weighted by Crippen LogP contribution is 2.42. The number of aryl methyl sites for hydroxylation is 1. The van der Waals surface area contributed by atoms with Crippen molar-refractivity contribution in [3.8, 4) is 0 Å². The van der Waals surface area contributed by atoms with Crippen molar-refractivity contribution in [1.82, 2.24) is 14.9 Å². The minimum atomic E-state index is -0.906. The molecule has 1 aliphatic heterocycles. The van der Waals surface area contributed by atoms with Gasteiger partial charge in [-0.05, 0) is 24.1 Å². The van der Waals surface area contributed by atoms with Gasteiger partial charge < -0.3 is 15.0 Å². The summed E-state index contributed by atoms with van der Waals surface area (Å²) in [5.41, 5.74) is -0.0629. The van der Waals surface area contributed by atoms with Crippen LogP contribution in [0, 0.1) is 10.1 Å².